The van der Waals surface area contributed by atoms with Crippen LogP contribution in [-0.2, 0) is 4.79 Å². The van der Waals surface area contributed by atoms with Crippen LogP contribution in [0.2, 0.25) is 0 Å². The summed E-state index contributed by atoms with van der Waals surface area (Å²) in [6, 6.07) is -0.590. The predicted molar refractivity (Wildman–Crippen MR) is 115 cm³/mol. The lowest BCUT2D eigenvalue weighted by Gasteiger charge is -2.12. The number of nitro groups is 1. The van der Waals surface area contributed by atoms with E-state index in [1.54, 1.807) is 5.43 Å². The summed E-state index contributed by atoms with van der Waals surface area (Å²) in [5, 5.41) is 21.9. The van der Waals surface area contributed by atoms with Crippen molar-refractivity contribution in [3.8, 4) is 0 Å². The molecule has 28 heavy (non-hydrogen) atoms. The molecule has 1 atom stereocenters. The molecule has 0 aromatic rings. The standard InChI is InChI=1S/C18H38N6O3.ClH/c1-2-3-4-5-6-7-8-9-10-11-14-21-17(25)16(19)13-12-15-22-18(20)23-24(26)27;/h16H,2-15,19H2,1H3,(H,21,25)(H3,20,22,23);1H/t16-;/m0./s1. The van der Waals surface area contributed by atoms with Crippen molar-refractivity contribution in [2.45, 2.75) is 90.0 Å². The van der Waals surface area contributed by atoms with E-state index < -0.39 is 11.1 Å². The van der Waals surface area contributed by atoms with Crippen molar-refractivity contribution in [1.82, 2.24) is 16.1 Å². The maximum atomic E-state index is 11.9. The van der Waals surface area contributed by atoms with E-state index in [4.69, 9.17) is 11.1 Å². The van der Waals surface area contributed by atoms with Crippen LogP contribution in [0.5, 0.6) is 0 Å². The topological polar surface area (TPSA) is 146 Å². The Balaban J connectivity index is 0. The molecule has 166 valence electrons. The highest BCUT2D eigenvalue weighted by Gasteiger charge is 2.12. The molecule has 0 bridgehead atoms. The Kier molecular flexibility index (Phi) is 20.6. The zero-order chi connectivity index (χ0) is 20.3. The zero-order valence-corrected chi connectivity index (χ0v) is 18.0. The zero-order valence-electron chi connectivity index (χ0n) is 17.1. The number of hydrogen-bond donors (Lipinski definition) is 5. The van der Waals surface area contributed by atoms with Gasteiger partial charge in [-0.25, -0.2) is 10.1 Å². The second-order valence-corrected chi connectivity index (χ2v) is 6.89. The molecule has 0 aromatic carbocycles. The summed E-state index contributed by atoms with van der Waals surface area (Å²) in [6.45, 7) is 3.23. The molecule has 0 aliphatic heterocycles. The third-order valence-electron chi connectivity index (χ3n) is 4.36. The van der Waals surface area contributed by atoms with Gasteiger partial charge in [0.25, 0.3) is 5.96 Å². The number of hydrogen-bond acceptors (Lipinski definition) is 5. The average Bonchev–Trinajstić information content (AvgIpc) is 2.62. The first-order valence-corrected chi connectivity index (χ1v) is 10.2. The van der Waals surface area contributed by atoms with Gasteiger partial charge in [0.15, 0.2) is 5.03 Å². The number of hydrazine groups is 1. The van der Waals surface area contributed by atoms with Crippen LogP contribution in [0.25, 0.3) is 0 Å². The predicted octanol–water partition coefficient (Wildman–Crippen LogP) is 2.86. The van der Waals surface area contributed by atoms with Crippen LogP contribution in [0.4, 0.5) is 0 Å². The first-order chi connectivity index (χ1) is 13.0. The number of amides is 1. The second kappa shape index (κ2) is 20.1. The molecule has 0 fully saturated rings. The van der Waals surface area contributed by atoms with E-state index in [9.17, 15) is 14.9 Å². The monoisotopic (exact) mass is 422 g/mol. The molecule has 1 amide bonds. The summed E-state index contributed by atoms with van der Waals surface area (Å²) in [4.78, 5) is 22.0. The number of carbonyl (C=O) groups excluding carboxylic acids is 1. The van der Waals surface area contributed by atoms with Crippen LogP contribution < -0.4 is 21.8 Å². The van der Waals surface area contributed by atoms with E-state index >= 15 is 0 Å². The Bertz CT molecular complexity index is 426. The van der Waals surface area contributed by atoms with Crippen LogP contribution in [0, 0.1) is 15.5 Å². The van der Waals surface area contributed by atoms with Crippen LogP contribution in [0.3, 0.4) is 0 Å². The van der Waals surface area contributed by atoms with E-state index in [2.05, 4.69) is 17.6 Å². The Hall–Kier alpha value is -1.61. The number of unbranched alkanes of at least 4 members (excludes halogenated alkanes) is 9. The summed E-state index contributed by atoms with van der Waals surface area (Å²) in [5.41, 5.74) is 7.53. The van der Waals surface area contributed by atoms with Gasteiger partial charge in [-0.15, -0.1) is 12.4 Å². The highest BCUT2D eigenvalue weighted by Crippen LogP contribution is 2.10. The maximum Gasteiger partial charge on any atom is 0.251 e. The lowest BCUT2D eigenvalue weighted by atomic mass is 10.1. The smallest absolute Gasteiger partial charge is 0.251 e. The molecule has 6 N–H and O–H groups in total. The fourth-order valence-corrected chi connectivity index (χ4v) is 2.75. The third-order valence-corrected chi connectivity index (χ3v) is 4.36. The Morgan fingerprint density at radius 1 is 0.964 bits per heavy atom. The van der Waals surface area contributed by atoms with Gasteiger partial charge in [-0.2, -0.15) is 0 Å². The van der Waals surface area contributed by atoms with Crippen molar-refractivity contribution in [3.05, 3.63) is 10.1 Å². The van der Waals surface area contributed by atoms with Gasteiger partial charge in [0.05, 0.1) is 6.04 Å². The summed E-state index contributed by atoms with van der Waals surface area (Å²) in [7, 11) is 0. The highest BCUT2D eigenvalue weighted by atomic mass is 35.5. The summed E-state index contributed by atoms with van der Waals surface area (Å²) in [5.74, 6) is -0.539. The Labute approximate surface area is 175 Å². The van der Waals surface area contributed by atoms with Crippen molar-refractivity contribution in [3.63, 3.8) is 0 Å². The molecule has 0 spiro atoms. The fraction of sp³-hybridized carbons (Fsp3) is 0.889. The van der Waals surface area contributed by atoms with Crippen molar-refractivity contribution < 1.29 is 9.83 Å². The molecule has 0 unspecified atom stereocenters. The van der Waals surface area contributed by atoms with Gasteiger partial charge < -0.3 is 16.4 Å². The molecule has 0 saturated carbocycles. The summed E-state index contributed by atoms with van der Waals surface area (Å²) in [6.07, 6.45) is 13.6. The number of carbonyl (C=O) groups is 1. The number of nitrogens with two attached hydrogens (primary N) is 1. The fourth-order valence-electron chi connectivity index (χ4n) is 2.75. The van der Waals surface area contributed by atoms with Crippen molar-refractivity contribution in [1.29, 1.82) is 5.41 Å². The number of nitrogens with one attached hydrogen (secondary N) is 4. The van der Waals surface area contributed by atoms with Crippen LogP contribution in [0.15, 0.2) is 0 Å². The summed E-state index contributed by atoms with van der Waals surface area (Å²) < 4.78 is 0. The minimum absolute atomic E-state index is 0. The van der Waals surface area contributed by atoms with Gasteiger partial charge in [-0.1, -0.05) is 70.1 Å². The quantitative estimate of drug-likeness (QED) is 0.0800. The van der Waals surface area contributed by atoms with Crippen LogP contribution in [0.1, 0.15) is 84.0 Å². The number of guanidine groups is 1. The number of rotatable bonds is 17. The first-order valence-electron chi connectivity index (χ1n) is 10.2. The lowest BCUT2D eigenvalue weighted by Crippen LogP contribution is -2.42. The summed E-state index contributed by atoms with van der Waals surface area (Å²) >= 11 is 0. The van der Waals surface area contributed by atoms with E-state index in [-0.39, 0.29) is 24.3 Å². The van der Waals surface area contributed by atoms with Gasteiger partial charge in [0.1, 0.15) is 0 Å². The van der Waals surface area contributed by atoms with Gasteiger partial charge in [0, 0.05) is 13.1 Å². The third kappa shape index (κ3) is 19.2. The molecule has 10 heteroatoms. The molecular weight excluding hydrogens is 384 g/mol. The number of halogens is 1. The molecule has 9 nitrogen and oxygen atoms in total. The molecular formula is C18H39ClN6O3. The van der Waals surface area contributed by atoms with Gasteiger partial charge in [-0.3, -0.25) is 10.2 Å². The van der Waals surface area contributed by atoms with E-state index in [0.29, 0.717) is 25.9 Å². The Morgan fingerprint density at radius 3 is 2.00 bits per heavy atom. The number of nitrogens with zero attached hydrogens (tertiary/aromatic N) is 1. The lowest BCUT2D eigenvalue weighted by molar-refractivity contribution is -0.525. The van der Waals surface area contributed by atoms with E-state index in [1.807, 2.05) is 0 Å². The molecule has 0 aromatic heterocycles. The van der Waals surface area contributed by atoms with Crippen molar-refractivity contribution in [2.24, 2.45) is 5.73 Å². The van der Waals surface area contributed by atoms with Crippen molar-refractivity contribution in [2.75, 3.05) is 13.1 Å². The Morgan fingerprint density at radius 2 is 1.46 bits per heavy atom. The minimum Gasteiger partial charge on any atom is -0.355 e. The molecule has 0 rings (SSSR count). The maximum absolute atomic E-state index is 11.9. The highest BCUT2D eigenvalue weighted by molar-refractivity contribution is 5.85. The van der Waals surface area contributed by atoms with Crippen molar-refractivity contribution >= 4 is 24.3 Å². The van der Waals surface area contributed by atoms with Gasteiger partial charge in [0.2, 0.25) is 5.91 Å². The van der Waals surface area contributed by atoms with E-state index in [1.165, 1.54) is 51.4 Å². The molecule has 0 radical (unpaired) electrons. The van der Waals surface area contributed by atoms with Crippen LogP contribution >= 0.6 is 12.4 Å². The largest absolute Gasteiger partial charge is 0.355 e. The molecule has 0 saturated heterocycles. The van der Waals surface area contributed by atoms with Gasteiger partial charge >= 0.3 is 0 Å². The molecule has 0 aliphatic rings. The second-order valence-electron chi connectivity index (χ2n) is 6.89. The normalized spacial score (nSPS) is 11.2. The van der Waals surface area contributed by atoms with Gasteiger partial charge in [-0.05, 0) is 19.3 Å². The molecule has 0 aliphatic carbocycles. The molecule has 0 heterocycles. The minimum atomic E-state index is -0.803. The van der Waals surface area contributed by atoms with E-state index in [0.717, 1.165) is 12.8 Å². The first kappa shape index (κ1) is 28.6. The van der Waals surface area contributed by atoms with Crippen LogP contribution in [-0.4, -0.2) is 36.0 Å². The average molecular weight is 423 g/mol. The SMILES string of the molecule is CCCCCCCCCCCCNC(=O)[C@@H](N)CCCNC(=N)N[N+](=O)[O-].Cl.